The number of hydrogen-bond donors (Lipinski definition) is 1. The lowest BCUT2D eigenvalue weighted by atomic mass is 9.94. The van der Waals surface area contributed by atoms with Crippen LogP contribution in [0.15, 0.2) is 53.1 Å². The van der Waals surface area contributed by atoms with Crippen molar-refractivity contribution >= 4 is 5.97 Å². The fourth-order valence-corrected chi connectivity index (χ4v) is 2.66. The van der Waals surface area contributed by atoms with E-state index >= 15 is 0 Å². The molecule has 0 spiro atoms. The molecule has 0 bridgehead atoms. The molecule has 0 aliphatic heterocycles. The van der Waals surface area contributed by atoms with Gasteiger partial charge in [-0.15, -0.1) is 0 Å². The van der Waals surface area contributed by atoms with Gasteiger partial charge in [0.25, 0.3) is 0 Å². The first-order valence-electron chi connectivity index (χ1n) is 7.95. The van der Waals surface area contributed by atoms with Crippen LogP contribution in [0.2, 0.25) is 0 Å². The van der Waals surface area contributed by atoms with E-state index in [-0.39, 0.29) is 0 Å². The van der Waals surface area contributed by atoms with Crippen molar-refractivity contribution in [3.63, 3.8) is 0 Å². The van der Waals surface area contributed by atoms with E-state index < -0.39 is 11.9 Å². The van der Waals surface area contributed by atoms with Crippen LogP contribution in [0.5, 0.6) is 5.75 Å². The lowest BCUT2D eigenvalue weighted by Gasteiger charge is -2.08. The Hall–Kier alpha value is -3.08. The van der Waals surface area contributed by atoms with Crippen molar-refractivity contribution in [2.24, 2.45) is 0 Å². The van der Waals surface area contributed by atoms with Crippen LogP contribution in [0.3, 0.4) is 0 Å². The summed E-state index contributed by atoms with van der Waals surface area (Å²) < 4.78 is 10.6. The van der Waals surface area contributed by atoms with Crippen molar-refractivity contribution < 1.29 is 19.2 Å². The summed E-state index contributed by atoms with van der Waals surface area (Å²) in [4.78, 5) is 11.5. The molecule has 5 nitrogen and oxygen atoms in total. The molecule has 0 amide bonds. The van der Waals surface area contributed by atoms with Gasteiger partial charge in [0.15, 0.2) is 5.76 Å². The maximum atomic E-state index is 11.5. The second kappa shape index (κ2) is 6.81. The molecule has 1 N–H and O–H groups in total. The molecule has 25 heavy (non-hydrogen) atoms. The van der Waals surface area contributed by atoms with Gasteiger partial charge in [-0.25, -0.2) is 0 Å². The first kappa shape index (κ1) is 16.8. The number of carboxylic acids is 1. The minimum absolute atomic E-state index is 0.349. The van der Waals surface area contributed by atoms with Gasteiger partial charge in [-0.3, -0.25) is 4.79 Å². The Morgan fingerprint density at radius 1 is 1.08 bits per heavy atom. The Morgan fingerprint density at radius 3 is 2.24 bits per heavy atom. The largest absolute Gasteiger partial charge is 0.497 e. The molecule has 1 heterocycles. The number of carbonyl (C=O) groups is 1. The zero-order valence-corrected chi connectivity index (χ0v) is 14.3. The molecule has 0 aliphatic rings. The molecule has 1 unspecified atom stereocenters. The van der Waals surface area contributed by atoms with Crippen molar-refractivity contribution in [3.8, 4) is 28.1 Å². The van der Waals surface area contributed by atoms with Crippen LogP contribution in [0.25, 0.3) is 22.4 Å². The molecule has 0 aliphatic carbocycles. The van der Waals surface area contributed by atoms with Crippen LogP contribution in [-0.2, 0) is 4.79 Å². The number of aliphatic carboxylic acids is 1. The number of aryl methyl sites for hydroxylation is 1. The third-order valence-electron chi connectivity index (χ3n) is 4.19. The molecule has 5 heteroatoms. The second-order valence-electron chi connectivity index (χ2n) is 5.92. The first-order valence-corrected chi connectivity index (χ1v) is 7.95. The normalized spacial score (nSPS) is 12.0. The van der Waals surface area contributed by atoms with Gasteiger partial charge >= 0.3 is 5.97 Å². The SMILES string of the molecule is COc1ccc(-c2noc(C(C)C(=O)O)c2-c2ccc(C)cc2)cc1. The highest BCUT2D eigenvalue weighted by atomic mass is 16.5. The van der Waals surface area contributed by atoms with Crippen LogP contribution in [-0.4, -0.2) is 23.3 Å². The smallest absolute Gasteiger partial charge is 0.314 e. The molecule has 3 aromatic rings. The Labute approximate surface area is 145 Å². The summed E-state index contributed by atoms with van der Waals surface area (Å²) >= 11 is 0. The number of hydrogen-bond acceptors (Lipinski definition) is 4. The molecule has 3 rings (SSSR count). The summed E-state index contributed by atoms with van der Waals surface area (Å²) in [6, 6.07) is 15.3. The minimum atomic E-state index is -0.953. The number of nitrogens with zero attached hydrogens (tertiary/aromatic N) is 1. The molecular formula is C20H19NO4. The highest BCUT2D eigenvalue weighted by molar-refractivity contribution is 5.86. The maximum Gasteiger partial charge on any atom is 0.314 e. The summed E-state index contributed by atoms with van der Waals surface area (Å²) in [6.07, 6.45) is 0. The van der Waals surface area contributed by atoms with Gasteiger partial charge in [0, 0.05) is 5.56 Å². The highest BCUT2D eigenvalue weighted by Crippen LogP contribution is 2.38. The van der Waals surface area contributed by atoms with E-state index in [9.17, 15) is 9.90 Å². The molecule has 1 atom stereocenters. The van der Waals surface area contributed by atoms with Crippen molar-refractivity contribution in [3.05, 3.63) is 59.9 Å². The number of methoxy groups -OCH3 is 1. The molecule has 1 aromatic heterocycles. The van der Waals surface area contributed by atoms with Crippen molar-refractivity contribution in [1.82, 2.24) is 5.16 Å². The summed E-state index contributed by atoms with van der Waals surface area (Å²) in [6.45, 7) is 3.60. The quantitative estimate of drug-likeness (QED) is 0.741. The monoisotopic (exact) mass is 337 g/mol. The number of benzene rings is 2. The second-order valence-corrected chi connectivity index (χ2v) is 5.92. The van der Waals surface area contributed by atoms with Gasteiger partial charge in [-0.1, -0.05) is 35.0 Å². The van der Waals surface area contributed by atoms with E-state index in [0.717, 1.165) is 22.4 Å². The van der Waals surface area contributed by atoms with Gasteiger partial charge in [0.2, 0.25) is 0 Å². The fourth-order valence-electron chi connectivity index (χ4n) is 2.66. The van der Waals surface area contributed by atoms with Gasteiger partial charge < -0.3 is 14.4 Å². The van der Waals surface area contributed by atoms with E-state index in [4.69, 9.17) is 9.26 Å². The lowest BCUT2D eigenvalue weighted by molar-refractivity contribution is -0.138. The van der Waals surface area contributed by atoms with E-state index in [1.807, 2.05) is 55.5 Å². The van der Waals surface area contributed by atoms with E-state index in [2.05, 4.69) is 5.16 Å². The Balaban J connectivity index is 2.17. The summed E-state index contributed by atoms with van der Waals surface area (Å²) in [5.41, 5.74) is 4.17. The number of ether oxygens (including phenoxy) is 1. The summed E-state index contributed by atoms with van der Waals surface area (Å²) in [5.74, 6) is -0.660. The zero-order chi connectivity index (χ0) is 18.0. The van der Waals surface area contributed by atoms with E-state index in [1.54, 1.807) is 14.0 Å². The van der Waals surface area contributed by atoms with Crippen LogP contribution < -0.4 is 4.74 Å². The maximum absolute atomic E-state index is 11.5. The summed E-state index contributed by atoms with van der Waals surface area (Å²) in [7, 11) is 1.61. The van der Waals surface area contributed by atoms with Gasteiger partial charge in [0.05, 0.1) is 12.7 Å². The number of carboxylic acid groups (broad SMARTS) is 1. The van der Waals surface area contributed by atoms with Crippen molar-refractivity contribution in [2.45, 2.75) is 19.8 Å². The summed E-state index contributed by atoms with van der Waals surface area (Å²) in [5, 5.41) is 13.6. The average Bonchev–Trinajstić information content (AvgIpc) is 3.06. The first-order chi connectivity index (χ1) is 12.0. The van der Waals surface area contributed by atoms with E-state index in [1.165, 1.54) is 0 Å². The molecule has 128 valence electrons. The van der Waals surface area contributed by atoms with Gasteiger partial charge in [0.1, 0.15) is 17.4 Å². The fraction of sp³-hybridized carbons (Fsp3) is 0.200. The molecule has 2 aromatic carbocycles. The van der Waals surface area contributed by atoms with Crippen LogP contribution in [0, 0.1) is 6.92 Å². The topological polar surface area (TPSA) is 72.6 Å². The van der Waals surface area contributed by atoms with Crippen LogP contribution in [0.1, 0.15) is 24.2 Å². The van der Waals surface area contributed by atoms with Gasteiger partial charge in [-0.2, -0.15) is 0 Å². The van der Waals surface area contributed by atoms with Crippen molar-refractivity contribution in [1.29, 1.82) is 0 Å². The predicted octanol–water partition coefficient (Wildman–Crippen LogP) is 4.51. The lowest BCUT2D eigenvalue weighted by Crippen LogP contribution is -2.07. The average molecular weight is 337 g/mol. The van der Waals surface area contributed by atoms with E-state index in [0.29, 0.717) is 17.0 Å². The molecule has 0 radical (unpaired) electrons. The molecular weight excluding hydrogens is 318 g/mol. The van der Waals surface area contributed by atoms with Crippen LogP contribution >= 0.6 is 0 Å². The number of rotatable bonds is 5. The zero-order valence-electron chi connectivity index (χ0n) is 14.3. The van der Waals surface area contributed by atoms with Gasteiger partial charge in [-0.05, 0) is 43.7 Å². The highest BCUT2D eigenvalue weighted by Gasteiger charge is 2.27. The Kier molecular flexibility index (Phi) is 4.57. The third-order valence-corrected chi connectivity index (χ3v) is 4.19. The Bertz CT molecular complexity index is 879. The standard InChI is InChI=1S/C20H19NO4/c1-12-4-6-14(7-5-12)17-18(15-8-10-16(24-3)11-9-15)21-25-19(17)13(2)20(22)23/h4-11,13H,1-3H3,(H,22,23). The number of aromatic nitrogens is 1. The molecule has 0 saturated heterocycles. The molecule has 0 saturated carbocycles. The minimum Gasteiger partial charge on any atom is -0.497 e. The van der Waals surface area contributed by atoms with Crippen LogP contribution in [0.4, 0.5) is 0 Å². The predicted molar refractivity (Wildman–Crippen MR) is 94.7 cm³/mol. The Morgan fingerprint density at radius 2 is 1.68 bits per heavy atom. The van der Waals surface area contributed by atoms with Crippen molar-refractivity contribution in [2.75, 3.05) is 7.11 Å². The third kappa shape index (κ3) is 3.26. The molecule has 0 fully saturated rings.